The predicted molar refractivity (Wildman–Crippen MR) is 92.8 cm³/mol. The van der Waals surface area contributed by atoms with Crippen molar-refractivity contribution in [3.8, 4) is 11.3 Å². The van der Waals surface area contributed by atoms with Gasteiger partial charge >= 0.3 is 5.97 Å². The van der Waals surface area contributed by atoms with Crippen LogP contribution < -0.4 is 0 Å². The quantitative estimate of drug-likeness (QED) is 0.743. The van der Waals surface area contributed by atoms with Gasteiger partial charge in [-0.05, 0) is 37.2 Å². The van der Waals surface area contributed by atoms with E-state index < -0.39 is 12.0 Å². The van der Waals surface area contributed by atoms with E-state index in [1.165, 1.54) is 0 Å². The number of carboxylic acid groups (broad SMARTS) is 1. The average Bonchev–Trinajstić information content (AvgIpc) is 3.06. The van der Waals surface area contributed by atoms with E-state index in [0.29, 0.717) is 18.0 Å². The zero-order valence-electron chi connectivity index (χ0n) is 14.1. The van der Waals surface area contributed by atoms with Crippen molar-refractivity contribution in [3.63, 3.8) is 0 Å². The zero-order valence-corrected chi connectivity index (χ0v) is 14.1. The summed E-state index contributed by atoms with van der Waals surface area (Å²) in [7, 11) is 1.76. The lowest BCUT2D eigenvalue weighted by Crippen LogP contribution is -2.30. The average molecular weight is 337 g/mol. The number of aromatic nitrogens is 2. The fourth-order valence-corrected chi connectivity index (χ4v) is 2.84. The van der Waals surface area contributed by atoms with Gasteiger partial charge in [0.05, 0.1) is 6.54 Å². The SMILES string of the molecule is Cc1ccccc1[C@H](C(=O)O)N(C)Cc1cc(-c2ccncc2)no1. The van der Waals surface area contributed by atoms with Crippen LogP contribution in [0.15, 0.2) is 59.4 Å². The summed E-state index contributed by atoms with van der Waals surface area (Å²) >= 11 is 0. The smallest absolute Gasteiger partial charge is 0.325 e. The Balaban J connectivity index is 1.81. The second-order valence-electron chi connectivity index (χ2n) is 5.93. The fraction of sp³-hybridized carbons (Fsp3) is 0.211. The molecular weight excluding hydrogens is 318 g/mol. The first-order chi connectivity index (χ1) is 12.1. The lowest BCUT2D eigenvalue weighted by molar-refractivity contribution is -0.143. The van der Waals surface area contributed by atoms with E-state index in [-0.39, 0.29) is 0 Å². The van der Waals surface area contributed by atoms with Crippen LogP contribution in [-0.4, -0.2) is 33.2 Å². The van der Waals surface area contributed by atoms with Crippen molar-refractivity contribution >= 4 is 5.97 Å². The molecule has 1 aromatic carbocycles. The Bertz CT molecular complexity index is 861. The number of pyridine rings is 1. The van der Waals surface area contributed by atoms with Crippen LogP contribution in [0.5, 0.6) is 0 Å². The van der Waals surface area contributed by atoms with Crippen molar-refractivity contribution < 1.29 is 14.4 Å². The van der Waals surface area contributed by atoms with Gasteiger partial charge in [-0.3, -0.25) is 14.7 Å². The highest BCUT2D eigenvalue weighted by Gasteiger charge is 2.27. The van der Waals surface area contributed by atoms with Crippen molar-refractivity contribution in [3.05, 3.63) is 71.7 Å². The molecule has 0 aliphatic carbocycles. The number of nitrogens with zero attached hydrogens (tertiary/aromatic N) is 3. The van der Waals surface area contributed by atoms with E-state index in [1.54, 1.807) is 24.3 Å². The summed E-state index contributed by atoms with van der Waals surface area (Å²) in [6.45, 7) is 2.25. The van der Waals surface area contributed by atoms with Crippen molar-refractivity contribution in [1.29, 1.82) is 0 Å². The van der Waals surface area contributed by atoms with Gasteiger partial charge in [-0.2, -0.15) is 0 Å². The van der Waals surface area contributed by atoms with Crippen LogP contribution in [0.2, 0.25) is 0 Å². The van der Waals surface area contributed by atoms with Crippen LogP contribution in [0.4, 0.5) is 0 Å². The maximum atomic E-state index is 11.8. The minimum absolute atomic E-state index is 0.337. The summed E-state index contributed by atoms with van der Waals surface area (Å²) in [6, 6.07) is 12.3. The maximum absolute atomic E-state index is 11.8. The Labute approximate surface area is 145 Å². The number of hydrogen-bond acceptors (Lipinski definition) is 5. The summed E-state index contributed by atoms with van der Waals surface area (Å²) in [6.07, 6.45) is 3.38. The molecule has 0 bridgehead atoms. The lowest BCUT2D eigenvalue weighted by Gasteiger charge is -2.25. The molecule has 0 spiro atoms. The maximum Gasteiger partial charge on any atom is 0.325 e. The molecule has 0 unspecified atom stereocenters. The number of rotatable bonds is 6. The minimum atomic E-state index is -0.898. The molecule has 0 saturated carbocycles. The first-order valence-electron chi connectivity index (χ1n) is 7.91. The molecule has 0 saturated heterocycles. The fourth-order valence-electron chi connectivity index (χ4n) is 2.84. The Hall–Kier alpha value is -2.99. The molecule has 0 aliphatic rings. The molecule has 25 heavy (non-hydrogen) atoms. The summed E-state index contributed by atoms with van der Waals surface area (Å²) < 4.78 is 5.38. The van der Waals surface area contributed by atoms with E-state index in [4.69, 9.17) is 4.52 Å². The summed E-state index contributed by atoms with van der Waals surface area (Å²) in [5.41, 5.74) is 3.32. The van der Waals surface area contributed by atoms with Gasteiger partial charge in [-0.1, -0.05) is 29.4 Å². The van der Waals surface area contributed by atoms with Crippen LogP contribution in [0.25, 0.3) is 11.3 Å². The second-order valence-corrected chi connectivity index (χ2v) is 5.93. The molecule has 0 fully saturated rings. The van der Waals surface area contributed by atoms with Gasteiger partial charge in [-0.15, -0.1) is 0 Å². The molecule has 1 atom stereocenters. The molecule has 2 heterocycles. The molecule has 6 heteroatoms. The van der Waals surface area contributed by atoms with Gasteiger partial charge in [0.1, 0.15) is 11.7 Å². The van der Waals surface area contributed by atoms with E-state index in [1.807, 2.05) is 49.4 Å². The van der Waals surface area contributed by atoms with E-state index in [0.717, 1.165) is 16.7 Å². The molecule has 0 radical (unpaired) electrons. The van der Waals surface area contributed by atoms with Crippen LogP contribution in [-0.2, 0) is 11.3 Å². The number of aryl methyl sites for hydroxylation is 1. The van der Waals surface area contributed by atoms with Gasteiger partial charge in [0, 0.05) is 24.0 Å². The number of hydrogen-bond donors (Lipinski definition) is 1. The predicted octanol–water partition coefficient (Wildman–Crippen LogP) is 3.30. The van der Waals surface area contributed by atoms with E-state index >= 15 is 0 Å². The highest BCUT2D eigenvalue weighted by atomic mass is 16.5. The van der Waals surface area contributed by atoms with Gasteiger partial charge in [-0.25, -0.2) is 0 Å². The Morgan fingerprint density at radius 2 is 1.96 bits per heavy atom. The molecular formula is C19H19N3O3. The third-order valence-corrected chi connectivity index (χ3v) is 4.10. The topological polar surface area (TPSA) is 79.5 Å². The molecule has 0 aliphatic heterocycles. The molecule has 3 aromatic rings. The van der Waals surface area contributed by atoms with Gasteiger partial charge < -0.3 is 9.63 Å². The second kappa shape index (κ2) is 7.27. The molecule has 0 amide bonds. The highest BCUT2D eigenvalue weighted by Crippen LogP contribution is 2.26. The summed E-state index contributed by atoms with van der Waals surface area (Å²) in [4.78, 5) is 17.5. The van der Waals surface area contributed by atoms with Gasteiger partial charge in [0.15, 0.2) is 5.76 Å². The Morgan fingerprint density at radius 3 is 2.64 bits per heavy atom. The molecule has 3 rings (SSSR count). The normalized spacial score (nSPS) is 12.3. The largest absolute Gasteiger partial charge is 0.480 e. The monoisotopic (exact) mass is 337 g/mol. The minimum Gasteiger partial charge on any atom is -0.480 e. The van der Waals surface area contributed by atoms with Crippen molar-refractivity contribution in [1.82, 2.24) is 15.0 Å². The highest BCUT2D eigenvalue weighted by molar-refractivity contribution is 5.76. The third kappa shape index (κ3) is 3.75. The van der Waals surface area contributed by atoms with E-state index in [9.17, 15) is 9.90 Å². The number of carboxylic acids is 1. The third-order valence-electron chi connectivity index (χ3n) is 4.10. The lowest BCUT2D eigenvalue weighted by atomic mass is 10.0. The van der Waals surface area contributed by atoms with Crippen LogP contribution in [0.1, 0.15) is 22.9 Å². The van der Waals surface area contributed by atoms with Crippen LogP contribution >= 0.6 is 0 Å². The van der Waals surface area contributed by atoms with Crippen LogP contribution in [0, 0.1) is 6.92 Å². The van der Waals surface area contributed by atoms with E-state index in [2.05, 4.69) is 10.1 Å². The number of carbonyl (C=O) groups is 1. The first-order valence-corrected chi connectivity index (χ1v) is 7.91. The first kappa shape index (κ1) is 16.9. The molecule has 2 aromatic heterocycles. The molecule has 1 N–H and O–H groups in total. The van der Waals surface area contributed by atoms with Crippen LogP contribution in [0.3, 0.4) is 0 Å². The number of benzene rings is 1. The number of aliphatic carboxylic acids is 1. The zero-order chi connectivity index (χ0) is 17.8. The molecule has 6 nitrogen and oxygen atoms in total. The van der Waals surface area contributed by atoms with Crippen molar-refractivity contribution in [2.24, 2.45) is 0 Å². The van der Waals surface area contributed by atoms with Crippen molar-refractivity contribution in [2.75, 3.05) is 7.05 Å². The number of likely N-dealkylation sites (N-methyl/N-ethyl adjacent to an activating group) is 1. The molecule has 128 valence electrons. The standard InChI is InChI=1S/C19H19N3O3/c1-13-5-3-4-6-16(13)18(19(23)24)22(2)12-15-11-17(21-25-15)14-7-9-20-10-8-14/h3-11,18H,12H2,1-2H3,(H,23,24)/t18-/m1/s1. The van der Waals surface area contributed by atoms with Gasteiger partial charge in [0.2, 0.25) is 0 Å². The van der Waals surface area contributed by atoms with Gasteiger partial charge in [0.25, 0.3) is 0 Å². The summed E-state index contributed by atoms with van der Waals surface area (Å²) in [5.74, 6) is -0.292. The Morgan fingerprint density at radius 1 is 1.24 bits per heavy atom. The van der Waals surface area contributed by atoms with Crippen molar-refractivity contribution in [2.45, 2.75) is 19.5 Å². The summed E-state index contributed by atoms with van der Waals surface area (Å²) in [5, 5.41) is 13.7. The Kier molecular flexibility index (Phi) is 4.90.